The number of carbonyl (C=O) groups excluding carboxylic acids is 4. The molecule has 4 heterocycles. The van der Waals surface area contributed by atoms with E-state index < -0.39 is 94.6 Å². The zero-order valence-electron chi connectivity index (χ0n) is 62.2. The number of anilines is 6. The summed E-state index contributed by atoms with van der Waals surface area (Å²) in [4.78, 5) is 53.4. The monoisotopic (exact) mass is 1680 g/mol. The Kier molecular flexibility index (Phi) is 25.7. The fourth-order valence-corrected chi connectivity index (χ4v) is 19.2. The van der Waals surface area contributed by atoms with Crippen LogP contribution in [0, 0.1) is 41.5 Å². The highest BCUT2D eigenvalue weighted by Crippen LogP contribution is 2.35. The zero-order valence-corrected chi connectivity index (χ0v) is 67.9. The fraction of sp³-hybridized carbons (Fsp3) is 0.108. The van der Waals surface area contributed by atoms with Gasteiger partial charge in [0.1, 0.15) is 0 Å². The maximum Gasteiger partial charge on any atom is 0.301 e. The second-order valence-corrected chi connectivity index (χ2v) is 38.3. The number of hydrogen-bond donors (Lipinski definition) is 5. The van der Waals surface area contributed by atoms with Crippen LogP contribution < -0.4 is 29.7 Å². The molecule has 5 N–H and O–H groups in total. The normalized spacial score (nSPS) is 11.7. The first-order chi connectivity index (χ1) is 54.5. The standard InChI is InChI=1S/C31H26N2O8S2.C26H24N2O6S2.C26H24N2O5S3/c1-21-7-12-25(13-8-21)42(36,37)20-23-19-24(11-16-27(23)32-43(38,39)26-14-9-22(2)10-15-26)33(30(34)28-5-3-17-40-28)31(35)29-6-4-18-41-29;2*1-18-5-10-22(11-6-18)35(30,31)17-20-16-21(27-26(29)25-4-3-15-34-25)9-14-24(20)28-36(32,33)23-12-7-19(2)8-13-23/h3-19,32H,20H2,1-2H3;2*3-16,28H,17H2,1-2H3,(H,27,29). The third kappa shape index (κ3) is 21.5. The van der Waals surface area contributed by atoms with Crippen molar-refractivity contribution in [3.8, 4) is 0 Å². The van der Waals surface area contributed by atoms with Gasteiger partial charge in [0.2, 0.25) is 0 Å². The van der Waals surface area contributed by atoms with E-state index in [1.807, 2.05) is 41.5 Å². The van der Waals surface area contributed by atoms with Gasteiger partial charge in [-0.1, -0.05) is 112 Å². The number of nitrogens with one attached hydrogen (secondary N) is 5. The van der Waals surface area contributed by atoms with E-state index in [9.17, 15) is 69.7 Å². The number of nitrogens with zero attached hydrogens (tertiary/aromatic N) is 1. The summed E-state index contributed by atoms with van der Waals surface area (Å²) in [5.41, 5.74) is 6.46. The molecule has 0 atom stereocenters. The van der Waals surface area contributed by atoms with E-state index in [2.05, 4.69) is 24.8 Å². The highest BCUT2D eigenvalue weighted by atomic mass is 32.2. The average molecular weight is 1680 g/mol. The molecule has 0 aliphatic rings. The topological polar surface area (TPSA) is 376 Å². The Morgan fingerprint density at radius 3 is 0.922 bits per heavy atom. The van der Waals surface area contributed by atoms with Crippen LogP contribution in [0.25, 0.3) is 0 Å². The lowest BCUT2D eigenvalue weighted by Crippen LogP contribution is -2.37. The highest BCUT2D eigenvalue weighted by molar-refractivity contribution is 7.93. The van der Waals surface area contributed by atoms with Gasteiger partial charge in [0.05, 0.1) is 93.0 Å². The quantitative estimate of drug-likeness (QED) is 0.0332. The van der Waals surface area contributed by atoms with E-state index >= 15 is 0 Å². The molecule has 0 saturated heterocycles. The number of imide groups is 1. The maximum atomic E-state index is 13.5. The van der Waals surface area contributed by atoms with Crippen LogP contribution in [0.3, 0.4) is 0 Å². The third-order valence-corrected chi connectivity index (χ3v) is 27.4. The summed E-state index contributed by atoms with van der Waals surface area (Å²) in [5.74, 6) is -4.39. The first-order valence-corrected chi connectivity index (χ1v) is 45.0. The van der Waals surface area contributed by atoms with E-state index in [1.54, 1.807) is 96.4 Å². The van der Waals surface area contributed by atoms with Gasteiger partial charge in [0.15, 0.2) is 46.8 Å². The summed E-state index contributed by atoms with van der Waals surface area (Å²) in [5, 5.41) is 7.16. The van der Waals surface area contributed by atoms with Crippen LogP contribution in [0.2, 0.25) is 0 Å². The highest BCUT2D eigenvalue weighted by Gasteiger charge is 2.32. The number of thiophene rings is 1. The van der Waals surface area contributed by atoms with Crippen molar-refractivity contribution in [3.63, 3.8) is 0 Å². The van der Waals surface area contributed by atoms with Crippen LogP contribution in [0.5, 0.6) is 0 Å². The van der Waals surface area contributed by atoms with Crippen molar-refractivity contribution in [2.45, 2.75) is 88.2 Å². The Bertz CT molecular complexity index is 6120. The number of hydrogen-bond acceptors (Lipinski definition) is 20. The molecule has 0 aliphatic heterocycles. The van der Waals surface area contributed by atoms with E-state index in [4.69, 9.17) is 13.3 Å². The minimum Gasteiger partial charge on any atom is -0.459 e. The van der Waals surface area contributed by atoms with Gasteiger partial charge in [-0.15, -0.1) is 11.3 Å². The van der Waals surface area contributed by atoms with E-state index in [1.165, 1.54) is 188 Å². The summed E-state index contributed by atoms with van der Waals surface area (Å²) in [6.07, 6.45) is 3.90. The number of rotatable bonds is 25. The van der Waals surface area contributed by atoms with Gasteiger partial charge >= 0.3 is 11.8 Å². The van der Waals surface area contributed by atoms with Crippen molar-refractivity contribution < 1.29 is 82.9 Å². The van der Waals surface area contributed by atoms with Crippen molar-refractivity contribution in [1.29, 1.82) is 0 Å². The van der Waals surface area contributed by atoms with Crippen LogP contribution >= 0.6 is 11.3 Å². The van der Waals surface area contributed by atoms with E-state index in [-0.39, 0.29) is 97.7 Å². The first kappa shape index (κ1) is 83.6. The zero-order chi connectivity index (χ0) is 82.6. The van der Waals surface area contributed by atoms with Crippen LogP contribution in [0.1, 0.15) is 91.4 Å². The SMILES string of the molecule is Cc1ccc(S(=O)(=O)Cc2cc(N(C(=O)c3ccco3)C(=O)c3ccco3)ccc2NS(=O)(=O)c2ccc(C)cc2)cc1.Cc1ccc(S(=O)(=O)Cc2cc(NC(=O)c3ccco3)ccc2NS(=O)(=O)c2ccc(C)cc2)cc1.Cc1ccc(S(=O)(=O)Cc2cc(NC(=O)c3cccs3)ccc2NS(=O)(=O)c2ccc(C)cc2)cc1. The summed E-state index contributed by atoms with van der Waals surface area (Å²) >= 11 is 1.27. The molecule has 4 amide bonds. The third-order valence-electron chi connectivity index (χ3n) is 17.3. The Morgan fingerprint density at radius 1 is 0.322 bits per heavy atom. The van der Waals surface area contributed by atoms with Gasteiger partial charge < -0.3 is 23.9 Å². The number of furan rings is 3. The number of aryl methyl sites for hydroxylation is 6. The molecule has 115 heavy (non-hydrogen) atoms. The number of carbonyl (C=O) groups is 4. The number of sulfonamides is 3. The molecular formula is C83H74N6O19S7. The molecular weight excluding hydrogens is 1610 g/mol. The van der Waals surface area contributed by atoms with Gasteiger partial charge in [-0.2, -0.15) is 0 Å². The molecule has 0 unspecified atom stereocenters. The molecule has 0 radical (unpaired) electrons. The van der Waals surface area contributed by atoms with Gasteiger partial charge in [-0.25, -0.2) is 55.4 Å². The lowest BCUT2D eigenvalue weighted by atomic mass is 10.1. The summed E-state index contributed by atoms with van der Waals surface area (Å²) in [7, 11) is -23.8. The lowest BCUT2D eigenvalue weighted by Gasteiger charge is -2.21. The van der Waals surface area contributed by atoms with Crippen molar-refractivity contribution in [2.24, 2.45) is 0 Å². The molecule has 592 valence electrons. The molecule has 25 nitrogen and oxygen atoms in total. The molecule has 4 aromatic heterocycles. The molecule has 0 saturated carbocycles. The van der Waals surface area contributed by atoms with Crippen LogP contribution in [-0.2, 0) is 76.8 Å². The molecule has 32 heteroatoms. The van der Waals surface area contributed by atoms with Crippen LogP contribution in [-0.4, -0.2) is 74.1 Å². The summed E-state index contributed by atoms with van der Waals surface area (Å²) in [6, 6.07) is 62.7. The van der Waals surface area contributed by atoms with Gasteiger partial charge in [0, 0.05) is 11.4 Å². The summed E-state index contributed by atoms with van der Waals surface area (Å²) in [6.45, 7) is 11.0. The van der Waals surface area contributed by atoms with Crippen LogP contribution in [0.4, 0.5) is 34.1 Å². The number of benzene rings is 9. The molecule has 0 bridgehead atoms. The average Bonchev–Trinajstić information content (AvgIpc) is 1.15. The molecule has 13 rings (SSSR count). The van der Waals surface area contributed by atoms with Gasteiger partial charge in [0.25, 0.3) is 41.9 Å². The van der Waals surface area contributed by atoms with Gasteiger partial charge in [-0.3, -0.25) is 33.3 Å². The maximum absolute atomic E-state index is 13.5. The van der Waals surface area contributed by atoms with Crippen molar-refractivity contribution in [1.82, 2.24) is 0 Å². The smallest absolute Gasteiger partial charge is 0.301 e. The first-order valence-electron chi connectivity index (χ1n) is 34.7. The summed E-state index contributed by atoms with van der Waals surface area (Å²) < 4.78 is 181. The van der Waals surface area contributed by atoms with Gasteiger partial charge in [-0.05, 0) is 233 Å². The minimum absolute atomic E-state index is 0.00162. The van der Waals surface area contributed by atoms with E-state index in [0.29, 0.717) is 10.6 Å². The fourth-order valence-electron chi connectivity index (χ4n) is 11.1. The molecule has 0 aliphatic carbocycles. The Hall–Kier alpha value is -12.3. The van der Waals surface area contributed by atoms with Crippen molar-refractivity contribution in [2.75, 3.05) is 29.7 Å². The predicted molar refractivity (Wildman–Crippen MR) is 439 cm³/mol. The second-order valence-electron chi connectivity index (χ2n) is 26.3. The van der Waals surface area contributed by atoms with E-state index in [0.717, 1.165) is 38.3 Å². The minimum atomic E-state index is -4.14. The number of sulfone groups is 3. The predicted octanol–water partition coefficient (Wildman–Crippen LogP) is 16.1. The Balaban J connectivity index is 0.000000171. The largest absolute Gasteiger partial charge is 0.459 e. The Morgan fingerprint density at radius 2 is 0.617 bits per heavy atom. The molecule has 0 fully saturated rings. The van der Waals surface area contributed by atoms with Crippen LogP contribution in [0.15, 0.2) is 316 Å². The lowest BCUT2D eigenvalue weighted by molar-refractivity contribution is 0.0865. The van der Waals surface area contributed by atoms with Crippen molar-refractivity contribution >= 4 is 129 Å². The van der Waals surface area contributed by atoms with Crippen molar-refractivity contribution in [3.05, 3.63) is 345 Å². The molecule has 9 aromatic carbocycles. The molecule has 0 spiro atoms. The number of amides is 4. The second kappa shape index (κ2) is 35.4. The Labute approximate surface area is 669 Å². The molecule has 13 aromatic rings.